The number of imidazole rings is 1. The molecule has 0 aromatic carbocycles. The molecule has 22 heavy (non-hydrogen) atoms. The quantitative estimate of drug-likeness (QED) is 0.824. The van der Waals surface area contributed by atoms with E-state index in [1.165, 1.54) is 10.4 Å². The van der Waals surface area contributed by atoms with E-state index in [2.05, 4.69) is 28.3 Å². The van der Waals surface area contributed by atoms with Crippen LogP contribution in [0.3, 0.4) is 0 Å². The molecular weight excluding hydrogens is 318 g/mol. The molecule has 4 heterocycles. The summed E-state index contributed by atoms with van der Waals surface area (Å²) < 4.78 is 7.19. The van der Waals surface area contributed by atoms with Gasteiger partial charge in [0.1, 0.15) is 5.60 Å². The maximum Gasteiger partial charge on any atom is 0.106 e. The number of hydrogen-bond donors (Lipinski definition) is 2. The number of hydrogen-bond acceptors (Lipinski definition) is 4. The molecule has 120 valence electrons. The smallest absolute Gasteiger partial charge is 0.106 e. The van der Waals surface area contributed by atoms with E-state index < -0.39 is 0 Å². The van der Waals surface area contributed by atoms with Crippen LogP contribution in [0.25, 0.3) is 0 Å². The standard InChI is InChI=1S/C15H18ClN3OS.CH4/c1-9-5-15(6-11(19-9)12-7-17-8-18-12)14-10(2-3-20-15)4-13(16)21-14;/h4,7-9,11,19H,2-3,5-6H2,1H3,(H,17,18);1H4/t9-,11-,15-;/m0./s1. The van der Waals surface area contributed by atoms with Gasteiger partial charge in [0.25, 0.3) is 0 Å². The summed E-state index contributed by atoms with van der Waals surface area (Å²) in [5.74, 6) is 0. The summed E-state index contributed by atoms with van der Waals surface area (Å²) in [6.45, 7) is 3.00. The molecule has 0 aliphatic carbocycles. The first-order valence-electron chi connectivity index (χ1n) is 7.33. The van der Waals surface area contributed by atoms with Gasteiger partial charge in [-0.05, 0) is 31.4 Å². The largest absolute Gasteiger partial charge is 0.369 e. The molecule has 2 aliphatic heterocycles. The predicted molar refractivity (Wildman–Crippen MR) is 90.6 cm³/mol. The maximum atomic E-state index is 6.32. The first kappa shape index (κ1) is 16.0. The van der Waals surface area contributed by atoms with E-state index in [0.29, 0.717) is 6.04 Å². The Morgan fingerprint density at radius 2 is 2.32 bits per heavy atom. The van der Waals surface area contributed by atoms with Crippen molar-refractivity contribution in [3.05, 3.63) is 39.1 Å². The van der Waals surface area contributed by atoms with E-state index >= 15 is 0 Å². The Labute approximate surface area is 140 Å². The maximum absolute atomic E-state index is 6.32. The Morgan fingerprint density at radius 1 is 1.45 bits per heavy atom. The molecule has 0 unspecified atom stereocenters. The van der Waals surface area contributed by atoms with Gasteiger partial charge >= 0.3 is 0 Å². The molecule has 3 atom stereocenters. The van der Waals surface area contributed by atoms with Gasteiger partial charge in [0, 0.05) is 23.5 Å². The Morgan fingerprint density at radius 3 is 3.09 bits per heavy atom. The van der Waals surface area contributed by atoms with Gasteiger partial charge in [0.05, 0.1) is 29.0 Å². The summed E-state index contributed by atoms with van der Waals surface area (Å²) in [6, 6.07) is 2.74. The first-order chi connectivity index (χ1) is 10.2. The number of rotatable bonds is 1. The van der Waals surface area contributed by atoms with Crippen LogP contribution in [0, 0.1) is 0 Å². The van der Waals surface area contributed by atoms with Crippen LogP contribution < -0.4 is 5.32 Å². The molecule has 6 heteroatoms. The van der Waals surface area contributed by atoms with Gasteiger partial charge in [0.2, 0.25) is 0 Å². The molecule has 2 aromatic rings. The van der Waals surface area contributed by atoms with E-state index in [0.717, 1.165) is 35.9 Å². The molecule has 0 saturated carbocycles. The average Bonchev–Trinajstić information content (AvgIpc) is 3.07. The fourth-order valence-corrected chi connectivity index (χ4v) is 5.18. The van der Waals surface area contributed by atoms with Crippen LogP contribution in [0.5, 0.6) is 0 Å². The average molecular weight is 340 g/mol. The van der Waals surface area contributed by atoms with Gasteiger partial charge in [0.15, 0.2) is 0 Å². The lowest BCUT2D eigenvalue weighted by atomic mass is 9.79. The zero-order chi connectivity index (χ0) is 14.4. The second kappa shape index (κ2) is 5.96. The van der Waals surface area contributed by atoms with Gasteiger partial charge in [-0.3, -0.25) is 0 Å². The van der Waals surface area contributed by atoms with Gasteiger partial charge < -0.3 is 15.0 Å². The van der Waals surface area contributed by atoms with Crippen LogP contribution in [-0.4, -0.2) is 22.6 Å². The number of ether oxygens (including phenoxy) is 1. The monoisotopic (exact) mass is 339 g/mol. The number of H-pyrrole nitrogens is 1. The Bertz CT molecular complexity index is 642. The molecule has 2 aliphatic rings. The minimum Gasteiger partial charge on any atom is -0.369 e. The van der Waals surface area contributed by atoms with Crippen molar-refractivity contribution in [1.82, 2.24) is 15.3 Å². The number of aromatic nitrogens is 2. The van der Waals surface area contributed by atoms with E-state index in [9.17, 15) is 0 Å². The predicted octanol–water partition coefficient (Wildman–Crippen LogP) is 4.04. The van der Waals surface area contributed by atoms with Gasteiger partial charge in [-0.1, -0.05) is 19.0 Å². The summed E-state index contributed by atoms with van der Waals surface area (Å²) in [6.07, 6.45) is 6.51. The summed E-state index contributed by atoms with van der Waals surface area (Å²) in [7, 11) is 0. The van der Waals surface area contributed by atoms with Crippen molar-refractivity contribution >= 4 is 22.9 Å². The number of fused-ring (bicyclic) bond motifs is 2. The molecular formula is C16H22ClN3OS. The highest BCUT2D eigenvalue weighted by atomic mass is 35.5. The topological polar surface area (TPSA) is 49.9 Å². The molecule has 2 aromatic heterocycles. The second-order valence-corrected chi connectivity index (χ2v) is 7.72. The highest BCUT2D eigenvalue weighted by molar-refractivity contribution is 7.16. The summed E-state index contributed by atoms with van der Waals surface area (Å²) in [5, 5.41) is 3.65. The minimum atomic E-state index is -0.203. The molecule has 1 fully saturated rings. The van der Waals surface area contributed by atoms with Crippen molar-refractivity contribution in [3.8, 4) is 0 Å². The summed E-state index contributed by atoms with van der Waals surface area (Å²) >= 11 is 7.94. The lowest BCUT2D eigenvalue weighted by Crippen LogP contribution is -2.49. The number of nitrogens with zero attached hydrogens (tertiary/aromatic N) is 1. The summed E-state index contributed by atoms with van der Waals surface area (Å²) in [5.41, 5.74) is 2.29. The molecule has 4 rings (SSSR count). The molecule has 0 bridgehead atoms. The van der Waals surface area contributed by atoms with Gasteiger partial charge in [-0.25, -0.2) is 4.98 Å². The van der Waals surface area contributed by atoms with E-state index in [4.69, 9.17) is 16.3 Å². The van der Waals surface area contributed by atoms with Crippen molar-refractivity contribution in [2.75, 3.05) is 6.61 Å². The lowest BCUT2D eigenvalue weighted by molar-refractivity contribution is -0.0957. The number of halogens is 1. The zero-order valence-electron chi connectivity index (χ0n) is 11.9. The van der Waals surface area contributed by atoms with Crippen LogP contribution in [-0.2, 0) is 16.8 Å². The fourth-order valence-electron chi connectivity index (χ4n) is 3.72. The van der Waals surface area contributed by atoms with Crippen molar-refractivity contribution in [3.63, 3.8) is 0 Å². The van der Waals surface area contributed by atoms with Crippen molar-refractivity contribution in [2.45, 2.75) is 51.3 Å². The van der Waals surface area contributed by atoms with E-state index in [-0.39, 0.29) is 19.1 Å². The molecule has 1 saturated heterocycles. The molecule has 0 amide bonds. The highest BCUT2D eigenvalue weighted by Crippen LogP contribution is 2.49. The van der Waals surface area contributed by atoms with Crippen LogP contribution in [0.2, 0.25) is 4.34 Å². The van der Waals surface area contributed by atoms with Crippen molar-refractivity contribution in [1.29, 1.82) is 0 Å². The zero-order valence-corrected chi connectivity index (χ0v) is 13.4. The Kier molecular flexibility index (Phi) is 4.34. The number of piperidine rings is 1. The van der Waals surface area contributed by atoms with Crippen LogP contribution in [0.4, 0.5) is 0 Å². The SMILES string of the molecule is C.C[C@H]1C[C@@]2(C[C@@H](c3cnc[nH]3)N1)OCCc1cc(Cl)sc12. The molecule has 1 spiro atoms. The third-order valence-electron chi connectivity index (χ3n) is 4.49. The summed E-state index contributed by atoms with van der Waals surface area (Å²) in [4.78, 5) is 8.71. The van der Waals surface area contributed by atoms with Gasteiger partial charge in [-0.2, -0.15) is 0 Å². The fraction of sp³-hybridized carbons (Fsp3) is 0.562. The molecule has 0 radical (unpaired) electrons. The van der Waals surface area contributed by atoms with Crippen LogP contribution >= 0.6 is 22.9 Å². The first-order valence-corrected chi connectivity index (χ1v) is 8.53. The number of thiophene rings is 1. The number of aromatic amines is 1. The lowest BCUT2D eigenvalue weighted by Gasteiger charge is -2.45. The Hall–Kier alpha value is -0.880. The van der Waals surface area contributed by atoms with Crippen molar-refractivity contribution in [2.24, 2.45) is 0 Å². The third kappa shape index (κ3) is 2.60. The Balaban J connectivity index is 0.00000144. The minimum absolute atomic E-state index is 0. The molecule has 2 N–H and O–H groups in total. The van der Waals surface area contributed by atoms with Crippen molar-refractivity contribution < 1.29 is 4.74 Å². The van der Waals surface area contributed by atoms with Crippen LogP contribution in [0.15, 0.2) is 18.6 Å². The van der Waals surface area contributed by atoms with E-state index in [1.54, 1.807) is 17.7 Å². The highest BCUT2D eigenvalue weighted by Gasteiger charge is 2.46. The third-order valence-corrected chi connectivity index (χ3v) is 5.98. The second-order valence-electron chi connectivity index (χ2n) is 6.03. The van der Waals surface area contributed by atoms with Crippen LogP contribution in [0.1, 0.15) is 49.4 Å². The molecule has 4 nitrogen and oxygen atoms in total. The van der Waals surface area contributed by atoms with Gasteiger partial charge in [-0.15, -0.1) is 11.3 Å². The number of nitrogens with one attached hydrogen (secondary N) is 2. The van der Waals surface area contributed by atoms with E-state index in [1.807, 2.05) is 6.20 Å². The normalized spacial score (nSPS) is 30.8.